The number of carbonyl (C=O) groups excluding carboxylic acids is 5. The molecule has 2 aliphatic heterocycles. The summed E-state index contributed by atoms with van der Waals surface area (Å²) in [6.07, 6.45) is 3.83. The number of alkyl carbamates (subject to hydrolysis) is 2. The number of rotatable bonds is 11. The van der Waals surface area contributed by atoms with Gasteiger partial charge in [0.05, 0.1) is 44.4 Å². The van der Waals surface area contributed by atoms with E-state index < -0.39 is 30.3 Å². The highest BCUT2D eigenvalue weighted by molar-refractivity contribution is 5.87. The van der Waals surface area contributed by atoms with E-state index in [4.69, 9.17) is 14.5 Å². The first-order valence-corrected chi connectivity index (χ1v) is 19.9. The third-order valence-corrected chi connectivity index (χ3v) is 11.0. The molecule has 4 heterocycles. The number of imidazole rings is 2. The fraction of sp³-hybridized carbons (Fsp3) is 0.452. The summed E-state index contributed by atoms with van der Waals surface area (Å²) in [5.74, 6) is 0.449. The van der Waals surface area contributed by atoms with E-state index in [9.17, 15) is 24.0 Å². The molecule has 4 atom stereocenters. The summed E-state index contributed by atoms with van der Waals surface area (Å²) < 4.78 is 9.53. The van der Waals surface area contributed by atoms with Crippen LogP contribution in [-0.2, 0) is 19.1 Å². The Morgan fingerprint density at radius 2 is 1.27 bits per heavy atom. The molecule has 0 spiro atoms. The van der Waals surface area contributed by atoms with Gasteiger partial charge in [0.25, 0.3) is 0 Å². The van der Waals surface area contributed by atoms with Gasteiger partial charge in [-0.2, -0.15) is 0 Å². The molecule has 5 N–H and O–H groups in total. The van der Waals surface area contributed by atoms with Crippen molar-refractivity contribution >= 4 is 30.0 Å². The van der Waals surface area contributed by atoms with Crippen molar-refractivity contribution in [3.8, 4) is 33.6 Å². The Balaban J connectivity index is 1.15. The van der Waals surface area contributed by atoms with E-state index >= 15 is 0 Å². The van der Waals surface area contributed by atoms with Gasteiger partial charge in [-0.05, 0) is 41.4 Å². The largest absolute Gasteiger partial charge is 0.453 e. The van der Waals surface area contributed by atoms with Gasteiger partial charge in [0.2, 0.25) is 11.8 Å². The fourth-order valence-corrected chi connectivity index (χ4v) is 7.68. The van der Waals surface area contributed by atoms with E-state index in [-0.39, 0.29) is 48.8 Å². The fourth-order valence-electron chi connectivity index (χ4n) is 7.68. The van der Waals surface area contributed by atoms with E-state index in [1.54, 1.807) is 34.1 Å². The number of benzene rings is 2. The van der Waals surface area contributed by atoms with Crippen LogP contribution >= 0.6 is 0 Å². The second-order valence-corrected chi connectivity index (χ2v) is 15.5. The lowest BCUT2D eigenvalue weighted by atomic mass is 10.0. The smallest absolute Gasteiger partial charge is 0.407 e. The van der Waals surface area contributed by atoms with Crippen molar-refractivity contribution in [2.45, 2.75) is 64.7 Å². The first-order valence-electron chi connectivity index (χ1n) is 19.9. The number of ether oxygens (including phenoxy) is 2. The zero-order chi connectivity index (χ0) is 42.4. The van der Waals surface area contributed by atoms with Crippen molar-refractivity contribution in [2.24, 2.45) is 11.8 Å². The predicted molar refractivity (Wildman–Crippen MR) is 220 cm³/mol. The first kappa shape index (κ1) is 42.2. The minimum absolute atomic E-state index is 0.119. The highest BCUT2D eigenvalue weighted by atomic mass is 16.5. The van der Waals surface area contributed by atoms with Crippen molar-refractivity contribution in [3.63, 3.8) is 0 Å². The monoisotopic (exact) mass is 810 g/mol. The number of aromatic amines is 2. The van der Waals surface area contributed by atoms with Crippen molar-refractivity contribution < 1.29 is 33.4 Å². The van der Waals surface area contributed by atoms with Crippen LogP contribution in [0.15, 0.2) is 60.9 Å². The molecule has 0 aliphatic carbocycles. The van der Waals surface area contributed by atoms with Crippen molar-refractivity contribution in [1.29, 1.82) is 0 Å². The minimum atomic E-state index is -0.827. The number of likely N-dealkylation sites (tertiary alicyclic amines) is 1. The SMILES string of the molecule is CNC(=O)N1CCN(C(=O)[C@@H](NC(=O)OC)C(C)C)[C@H](c2nc(-c3ccc(-c4ccc(-c5cnc([C@@H]6CCCN6C(=O)[C@@H](NC(=O)OC)C(C)C)[nH]5)cc4)cc3)c[nH]2)C1. The Morgan fingerprint density at radius 3 is 1.81 bits per heavy atom. The standard InChI is InChI=1S/C42H54N10O7/c1-24(2)34(48-41(56)58-6)38(53)51-18-8-9-32(51)36-44-21-30(46-36)28-14-10-26(11-15-28)27-12-16-29(17-13-27)31-22-45-37(47-31)33-23-50(40(55)43-5)19-20-52(33)39(54)35(25(3)4)49-42(57)59-7/h10-17,21-22,24-25,32-35H,8-9,18-20,23H2,1-7H3,(H,43,55)(H,44,46)(H,45,47)(H,48,56)(H,49,57)/t32-,33-,34-,35-/m0/s1. The molecule has 2 aromatic carbocycles. The van der Waals surface area contributed by atoms with E-state index in [1.807, 2.05) is 76.2 Å². The van der Waals surface area contributed by atoms with Crippen LogP contribution in [0.2, 0.25) is 0 Å². The summed E-state index contributed by atoms with van der Waals surface area (Å²) in [6.45, 7) is 8.84. The summed E-state index contributed by atoms with van der Waals surface area (Å²) in [7, 11) is 4.10. The maximum Gasteiger partial charge on any atom is 0.407 e. The summed E-state index contributed by atoms with van der Waals surface area (Å²) >= 11 is 0. The summed E-state index contributed by atoms with van der Waals surface area (Å²) in [6, 6.07) is 13.6. The van der Waals surface area contributed by atoms with Crippen LogP contribution < -0.4 is 16.0 Å². The van der Waals surface area contributed by atoms with Gasteiger partial charge in [0, 0.05) is 38.4 Å². The lowest BCUT2D eigenvalue weighted by molar-refractivity contribution is -0.139. The van der Waals surface area contributed by atoms with Gasteiger partial charge in [0.1, 0.15) is 29.8 Å². The minimum Gasteiger partial charge on any atom is -0.453 e. The number of nitrogens with zero attached hydrogens (tertiary/aromatic N) is 5. The molecule has 59 heavy (non-hydrogen) atoms. The normalized spacial score (nSPS) is 17.7. The lowest BCUT2D eigenvalue weighted by Gasteiger charge is -2.42. The molecule has 17 nitrogen and oxygen atoms in total. The topological polar surface area (TPSA) is 207 Å². The Labute approximate surface area is 343 Å². The zero-order valence-electron chi connectivity index (χ0n) is 34.6. The average molecular weight is 811 g/mol. The first-order chi connectivity index (χ1) is 28.3. The molecule has 2 fully saturated rings. The third-order valence-electron chi connectivity index (χ3n) is 11.0. The van der Waals surface area contributed by atoms with Crippen LogP contribution in [0.1, 0.15) is 64.3 Å². The maximum absolute atomic E-state index is 13.9. The predicted octanol–water partition coefficient (Wildman–Crippen LogP) is 5.08. The lowest BCUT2D eigenvalue weighted by Crippen LogP contribution is -2.59. The van der Waals surface area contributed by atoms with Gasteiger partial charge in [-0.25, -0.2) is 24.4 Å². The quantitative estimate of drug-likeness (QED) is 0.137. The van der Waals surface area contributed by atoms with Crippen LogP contribution in [0.4, 0.5) is 14.4 Å². The van der Waals surface area contributed by atoms with Crippen LogP contribution in [0.25, 0.3) is 33.6 Å². The van der Waals surface area contributed by atoms with E-state index in [1.165, 1.54) is 14.2 Å². The molecular formula is C42H54N10O7. The Hall–Kier alpha value is -6.39. The molecule has 0 unspecified atom stereocenters. The van der Waals surface area contributed by atoms with E-state index in [0.717, 1.165) is 40.8 Å². The molecule has 0 saturated carbocycles. The number of carbonyl (C=O) groups is 5. The number of methoxy groups -OCH3 is 2. The molecule has 6 amide bonds. The van der Waals surface area contributed by atoms with Gasteiger partial charge in [-0.1, -0.05) is 76.2 Å². The highest BCUT2D eigenvalue weighted by Gasteiger charge is 2.40. The third kappa shape index (κ3) is 9.34. The number of nitrogens with one attached hydrogen (secondary N) is 5. The molecule has 2 saturated heterocycles. The van der Waals surface area contributed by atoms with Crippen molar-refractivity contribution in [1.82, 2.24) is 50.6 Å². The van der Waals surface area contributed by atoms with Gasteiger partial charge in [-0.15, -0.1) is 0 Å². The molecule has 2 aromatic heterocycles. The van der Waals surface area contributed by atoms with Crippen LogP contribution in [-0.4, -0.2) is 124 Å². The van der Waals surface area contributed by atoms with E-state index in [2.05, 4.69) is 30.9 Å². The summed E-state index contributed by atoms with van der Waals surface area (Å²) in [5, 5.41) is 8.02. The van der Waals surface area contributed by atoms with Gasteiger partial charge in [-0.3, -0.25) is 9.59 Å². The van der Waals surface area contributed by atoms with Gasteiger partial charge < -0.3 is 50.1 Å². The number of amides is 6. The Morgan fingerprint density at radius 1 is 0.729 bits per heavy atom. The van der Waals surface area contributed by atoms with Crippen LogP contribution in [0.5, 0.6) is 0 Å². The number of piperazine rings is 1. The van der Waals surface area contributed by atoms with E-state index in [0.29, 0.717) is 30.4 Å². The second-order valence-electron chi connectivity index (χ2n) is 15.5. The van der Waals surface area contributed by atoms with Crippen molar-refractivity contribution in [2.75, 3.05) is 47.4 Å². The Bertz CT molecular complexity index is 2110. The highest BCUT2D eigenvalue weighted by Crippen LogP contribution is 2.34. The zero-order valence-corrected chi connectivity index (χ0v) is 34.6. The summed E-state index contributed by atoms with van der Waals surface area (Å²) in [4.78, 5) is 85.5. The van der Waals surface area contributed by atoms with Gasteiger partial charge >= 0.3 is 18.2 Å². The molecule has 314 valence electrons. The maximum atomic E-state index is 13.9. The molecule has 17 heteroatoms. The molecule has 0 bridgehead atoms. The van der Waals surface area contributed by atoms with Crippen molar-refractivity contribution in [3.05, 3.63) is 72.6 Å². The number of hydrogen-bond donors (Lipinski definition) is 5. The number of hydrogen-bond acceptors (Lipinski definition) is 9. The van der Waals surface area contributed by atoms with Gasteiger partial charge in [0.15, 0.2) is 0 Å². The molecule has 2 aliphatic rings. The Kier molecular flexibility index (Phi) is 13.2. The summed E-state index contributed by atoms with van der Waals surface area (Å²) in [5.41, 5.74) is 5.34. The molecular weight excluding hydrogens is 757 g/mol. The number of H-pyrrole nitrogens is 2. The number of aromatic nitrogens is 4. The molecule has 6 rings (SSSR count). The molecule has 4 aromatic rings. The second kappa shape index (κ2) is 18.5. The van der Waals surface area contributed by atoms with Crippen LogP contribution in [0.3, 0.4) is 0 Å². The average Bonchev–Trinajstić information content (AvgIpc) is 4.06. The van der Waals surface area contributed by atoms with Crippen LogP contribution in [0, 0.1) is 11.8 Å². The number of urea groups is 1. The molecule has 0 radical (unpaired) electrons.